The third kappa shape index (κ3) is 3.45. The van der Waals surface area contributed by atoms with E-state index in [0.717, 1.165) is 48.7 Å². The van der Waals surface area contributed by atoms with Crippen molar-refractivity contribution < 1.29 is 4.74 Å². The van der Waals surface area contributed by atoms with E-state index >= 15 is 0 Å². The molecule has 0 unspecified atom stereocenters. The molecule has 1 aromatic carbocycles. The van der Waals surface area contributed by atoms with Crippen molar-refractivity contribution in [3.8, 4) is 0 Å². The number of piperidine rings is 1. The van der Waals surface area contributed by atoms with E-state index in [2.05, 4.69) is 37.6 Å². The molecule has 25 heavy (non-hydrogen) atoms. The Bertz CT molecular complexity index is 791. The van der Waals surface area contributed by atoms with Gasteiger partial charge in [-0.15, -0.1) is 0 Å². The van der Waals surface area contributed by atoms with Gasteiger partial charge in [-0.05, 0) is 31.5 Å². The van der Waals surface area contributed by atoms with E-state index in [4.69, 9.17) is 9.72 Å². The Kier molecular flexibility index (Phi) is 4.81. The summed E-state index contributed by atoms with van der Waals surface area (Å²) in [4.78, 5) is 15.4. The summed E-state index contributed by atoms with van der Waals surface area (Å²) >= 11 is 0. The molecule has 1 N–H and O–H groups in total. The normalized spacial score (nSPS) is 18.8. The first-order valence-corrected chi connectivity index (χ1v) is 9.03. The fourth-order valence-electron chi connectivity index (χ4n) is 3.69. The molecule has 6 heteroatoms. The van der Waals surface area contributed by atoms with Crippen LogP contribution in [0.5, 0.6) is 0 Å². The van der Waals surface area contributed by atoms with Gasteiger partial charge in [0.05, 0.1) is 30.2 Å². The van der Waals surface area contributed by atoms with Crippen LogP contribution < -0.4 is 0 Å². The maximum absolute atomic E-state index is 5.21. The van der Waals surface area contributed by atoms with Gasteiger partial charge in [0.1, 0.15) is 11.6 Å². The van der Waals surface area contributed by atoms with Crippen LogP contribution in [0.1, 0.15) is 37.0 Å². The Labute approximate surface area is 147 Å². The van der Waals surface area contributed by atoms with Crippen molar-refractivity contribution in [2.75, 3.05) is 20.3 Å². The van der Waals surface area contributed by atoms with Crippen LogP contribution >= 0.6 is 0 Å². The van der Waals surface area contributed by atoms with Crippen LogP contribution in [0, 0.1) is 0 Å². The van der Waals surface area contributed by atoms with Crippen molar-refractivity contribution in [3.05, 3.63) is 48.3 Å². The lowest BCUT2D eigenvalue weighted by molar-refractivity contribution is 0.127. The number of hydrogen-bond acceptors (Lipinski definition) is 4. The Morgan fingerprint density at radius 2 is 2.20 bits per heavy atom. The zero-order chi connectivity index (χ0) is 17.1. The fourth-order valence-corrected chi connectivity index (χ4v) is 3.69. The summed E-state index contributed by atoms with van der Waals surface area (Å²) in [7, 11) is 1.73. The number of fused-ring (bicyclic) bond motifs is 1. The number of nitrogens with one attached hydrogen (secondary N) is 1. The maximum atomic E-state index is 5.21. The summed E-state index contributed by atoms with van der Waals surface area (Å²) in [6.45, 7) is 3.47. The Hall–Kier alpha value is -2.18. The van der Waals surface area contributed by atoms with E-state index in [-0.39, 0.29) is 0 Å². The number of H-pyrrole nitrogens is 1. The first kappa shape index (κ1) is 16.3. The van der Waals surface area contributed by atoms with Crippen LogP contribution in [0.15, 0.2) is 36.7 Å². The molecule has 0 radical (unpaired) electrons. The molecule has 0 bridgehead atoms. The Morgan fingerprint density at radius 3 is 3.08 bits per heavy atom. The molecular weight excluding hydrogens is 314 g/mol. The quantitative estimate of drug-likeness (QED) is 0.749. The van der Waals surface area contributed by atoms with E-state index in [0.29, 0.717) is 12.6 Å². The molecule has 1 saturated heterocycles. The molecule has 0 amide bonds. The molecule has 1 fully saturated rings. The average Bonchev–Trinajstić information content (AvgIpc) is 3.27. The molecule has 1 atom stereocenters. The molecule has 1 aliphatic rings. The maximum Gasteiger partial charge on any atom is 0.124 e. The number of aromatic amines is 1. The van der Waals surface area contributed by atoms with Crippen LogP contribution in [0.4, 0.5) is 0 Å². The summed E-state index contributed by atoms with van der Waals surface area (Å²) < 4.78 is 7.40. The second-order valence-electron chi connectivity index (χ2n) is 6.65. The number of nitrogens with zero attached hydrogens (tertiary/aromatic N) is 4. The Balaban J connectivity index is 1.56. The van der Waals surface area contributed by atoms with Gasteiger partial charge in [-0.25, -0.2) is 9.97 Å². The van der Waals surface area contributed by atoms with Crippen LogP contribution in [-0.4, -0.2) is 44.7 Å². The number of aromatic nitrogens is 4. The minimum atomic E-state index is 0.328. The molecule has 3 aromatic rings. The van der Waals surface area contributed by atoms with Gasteiger partial charge >= 0.3 is 0 Å². The van der Waals surface area contributed by atoms with Crippen molar-refractivity contribution in [1.82, 2.24) is 24.4 Å². The molecule has 0 saturated carbocycles. The van der Waals surface area contributed by atoms with Gasteiger partial charge in [0, 0.05) is 26.0 Å². The highest BCUT2D eigenvalue weighted by atomic mass is 16.5. The average molecular weight is 339 g/mol. The number of benzene rings is 1. The van der Waals surface area contributed by atoms with Crippen LogP contribution in [0.3, 0.4) is 0 Å². The lowest BCUT2D eigenvalue weighted by Gasteiger charge is -2.34. The first-order chi connectivity index (χ1) is 12.3. The monoisotopic (exact) mass is 339 g/mol. The van der Waals surface area contributed by atoms with E-state index in [1.165, 1.54) is 12.8 Å². The number of imidazole rings is 2. The highest BCUT2D eigenvalue weighted by Gasteiger charge is 2.27. The topological polar surface area (TPSA) is 59.0 Å². The van der Waals surface area contributed by atoms with E-state index in [9.17, 15) is 0 Å². The van der Waals surface area contributed by atoms with E-state index < -0.39 is 0 Å². The van der Waals surface area contributed by atoms with Crippen LogP contribution in [0.2, 0.25) is 0 Å². The van der Waals surface area contributed by atoms with Gasteiger partial charge in [0.2, 0.25) is 0 Å². The minimum absolute atomic E-state index is 0.328. The molecule has 2 aromatic heterocycles. The van der Waals surface area contributed by atoms with Gasteiger partial charge < -0.3 is 14.3 Å². The number of hydrogen-bond donors (Lipinski definition) is 1. The SMILES string of the molecule is COCCn1ccnc1CN1CCCC[C@@H]1c1nc2ccccc2[nH]1. The molecule has 132 valence electrons. The van der Waals surface area contributed by atoms with Crippen molar-refractivity contribution >= 4 is 11.0 Å². The summed E-state index contributed by atoms with van der Waals surface area (Å²) in [6.07, 6.45) is 7.53. The minimum Gasteiger partial charge on any atom is -0.383 e. The van der Waals surface area contributed by atoms with Gasteiger partial charge in [-0.3, -0.25) is 4.90 Å². The second-order valence-corrected chi connectivity index (χ2v) is 6.65. The van der Waals surface area contributed by atoms with E-state index in [1.807, 2.05) is 18.5 Å². The molecule has 1 aliphatic heterocycles. The summed E-state index contributed by atoms with van der Waals surface area (Å²) in [5.41, 5.74) is 2.16. The predicted molar refractivity (Wildman–Crippen MR) is 97.2 cm³/mol. The van der Waals surface area contributed by atoms with Crippen molar-refractivity contribution in [1.29, 1.82) is 0 Å². The molecule has 3 heterocycles. The predicted octanol–water partition coefficient (Wildman–Crippen LogP) is 3.13. The van der Waals surface area contributed by atoms with Crippen molar-refractivity contribution in [2.24, 2.45) is 0 Å². The molecule has 0 aliphatic carbocycles. The fraction of sp³-hybridized carbons (Fsp3) is 0.474. The number of methoxy groups -OCH3 is 1. The second kappa shape index (κ2) is 7.37. The summed E-state index contributed by atoms with van der Waals surface area (Å²) in [5.74, 6) is 2.18. The van der Waals surface area contributed by atoms with Gasteiger partial charge in [-0.1, -0.05) is 18.6 Å². The molecule has 4 rings (SSSR count). The summed E-state index contributed by atoms with van der Waals surface area (Å²) in [5, 5.41) is 0. The first-order valence-electron chi connectivity index (χ1n) is 9.03. The Morgan fingerprint density at radius 1 is 1.28 bits per heavy atom. The third-order valence-corrected chi connectivity index (χ3v) is 5.02. The third-order valence-electron chi connectivity index (χ3n) is 5.02. The zero-order valence-electron chi connectivity index (χ0n) is 14.7. The largest absolute Gasteiger partial charge is 0.383 e. The van der Waals surface area contributed by atoms with Crippen LogP contribution in [-0.2, 0) is 17.8 Å². The number of para-hydroxylation sites is 2. The number of likely N-dealkylation sites (tertiary alicyclic amines) is 1. The number of rotatable bonds is 6. The lowest BCUT2D eigenvalue weighted by atomic mass is 10.0. The van der Waals surface area contributed by atoms with Crippen molar-refractivity contribution in [3.63, 3.8) is 0 Å². The highest BCUT2D eigenvalue weighted by molar-refractivity contribution is 5.74. The standard InChI is InChI=1S/C19H25N5O/c1-25-13-12-23-11-9-20-18(23)14-24-10-5-4-8-17(24)19-21-15-6-2-3-7-16(15)22-19/h2-3,6-7,9,11,17H,4-5,8,10,12-14H2,1H3,(H,21,22)/t17-/m1/s1. The lowest BCUT2D eigenvalue weighted by Crippen LogP contribution is -2.34. The number of ether oxygens (including phenoxy) is 1. The zero-order valence-corrected chi connectivity index (χ0v) is 14.7. The highest BCUT2D eigenvalue weighted by Crippen LogP contribution is 2.31. The van der Waals surface area contributed by atoms with E-state index in [1.54, 1.807) is 7.11 Å². The molecule has 6 nitrogen and oxygen atoms in total. The van der Waals surface area contributed by atoms with Crippen molar-refractivity contribution in [2.45, 2.75) is 38.4 Å². The summed E-state index contributed by atoms with van der Waals surface area (Å²) in [6, 6.07) is 8.58. The molecule has 0 spiro atoms. The smallest absolute Gasteiger partial charge is 0.124 e. The molecular formula is C19H25N5O. The van der Waals surface area contributed by atoms with Gasteiger partial charge in [0.25, 0.3) is 0 Å². The van der Waals surface area contributed by atoms with Gasteiger partial charge in [0.15, 0.2) is 0 Å². The van der Waals surface area contributed by atoms with Gasteiger partial charge in [-0.2, -0.15) is 0 Å². The van der Waals surface area contributed by atoms with Crippen LogP contribution in [0.25, 0.3) is 11.0 Å².